The maximum absolute atomic E-state index is 13.2. The highest BCUT2D eigenvalue weighted by atomic mass is 32.2. The number of carbonyl (C=O) groups is 1. The first-order valence-electron chi connectivity index (χ1n) is 11.0. The first kappa shape index (κ1) is 21.3. The van der Waals surface area contributed by atoms with E-state index in [0.29, 0.717) is 29.8 Å². The zero-order valence-electron chi connectivity index (χ0n) is 18.4. The topological polar surface area (TPSA) is 67.4 Å². The van der Waals surface area contributed by atoms with Crippen LogP contribution in [-0.2, 0) is 4.79 Å². The Hall–Kier alpha value is -3.52. The number of aromatic nitrogens is 3. The molecule has 8 heteroatoms. The molecule has 0 saturated carbocycles. The average molecular weight is 460 g/mol. The molecule has 1 unspecified atom stereocenters. The Bertz CT molecular complexity index is 1190. The van der Waals surface area contributed by atoms with Crippen molar-refractivity contribution in [3.8, 4) is 17.3 Å². The van der Waals surface area contributed by atoms with Gasteiger partial charge in [-0.3, -0.25) is 9.36 Å². The fraction of sp³-hybridized carbons (Fsp3) is 0.240. The van der Waals surface area contributed by atoms with Crippen molar-refractivity contribution in [1.29, 1.82) is 0 Å². The Balaban J connectivity index is 1.31. The molecule has 1 fully saturated rings. The number of rotatable bonds is 6. The summed E-state index contributed by atoms with van der Waals surface area (Å²) in [5, 5.41) is 9.15. The van der Waals surface area contributed by atoms with Crippen LogP contribution in [0.5, 0.6) is 0 Å². The molecule has 1 aliphatic rings. The number of anilines is 1. The zero-order valence-corrected chi connectivity index (χ0v) is 19.2. The second-order valence-electron chi connectivity index (χ2n) is 7.86. The van der Waals surface area contributed by atoms with E-state index in [1.54, 1.807) is 6.26 Å². The molecule has 5 rings (SSSR count). The molecule has 7 nitrogen and oxygen atoms in total. The molecule has 0 spiro atoms. The normalized spacial score (nSPS) is 14.9. The van der Waals surface area contributed by atoms with Gasteiger partial charge in [0.2, 0.25) is 11.7 Å². The van der Waals surface area contributed by atoms with Gasteiger partial charge in [0, 0.05) is 37.6 Å². The third kappa shape index (κ3) is 4.52. The van der Waals surface area contributed by atoms with E-state index in [9.17, 15) is 4.79 Å². The fourth-order valence-electron chi connectivity index (χ4n) is 4.01. The summed E-state index contributed by atoms with van der Waals surface area (Å²) in [5.41, 5.74) is 2.13. The second-order valence-corrected chi connectivity index (χ2v) is 9.17. The first-order valence-corrected chi connectivity index (χ1v) is 11.9. The van der Waals surface area contributed by atoms with E-state index in [1.165, 1.54) is 17.4 Å². The molecule has 0 aliphatic carbocycles. The number of furan rings is 1. The van der Waals surface area contributed by atoms with Crippen molar-refractivity contribution >= 4 is 23.4 Å². The molecule has 168 valence electrons. The van der Waals surface area contributed by atoms with Gasteiger partial charge in [-0.05, 0) is 43.3 Å². The first-order chi connectivity index (χ1) is 16.2. The van der Waals surface area contributed by atoms with Crippen LogP contribution < -0.4 is 4.90 Å². The van der Waals surface area contributed by atoms with Gasteiger partial charge in [-0.15, -0.1) is 10.2 Å². The number of carbonyl (C=O) groups excluding carboxylic acids is 1. The molecule has 0 N–H and O–H groups in total. The SMILES string of the molecule is CC(Sc1nnc(-c2ccco2)n1-c1ccccc1)C(=O)N1CCN(c2ccccc2)CC1. The molecule has 33 heavy (non-hydrogen) atoms. The van der Waals surface area contributed by atoms with Gasteiger partial charge in [-0.2, -0.15) is 0 Å². The molecule has 2 aromatic carbocycles. The zero-order chi connectivity index (χ0) is 22.6. The van der Waals surface area contributed by atoms with Crippen molar-refractivity contribution < 1.29 is 9.21 Å². The van der Waals surface area contributed by atoms with E-state index >= 15 is 0 Å². The van der Waals surface area contributed by atoms with Crippen molar-refractivity contribution in [2.75, 3.05) is 31.1 Å². The van der Waals surface area contributed by atoms with Crippen LogP contribution in [-0.4, -0.2) is 57.0 Å². The highest BCUT2D eigenvalue weighted by Gasteiger charge is 2.28. The monoisotopic (exact) mass is 459 g/mol. The molecule has 1 aliphatic heterocycles. The van der Waals surface area contributed by atoms with E-state index in [1.807, 2.05) is 77.1 Å². The maximum atomic E-state index is 13.2. The number of hydrogen-bond donors (Lipinski definition) is 0. The van der Waals surface area contributed by atoms with Crippen LogP contribution in [0.1, 0.15) is 6.92 Å². The predicted octanol–water partition coefficient (Wildman–Crippen LogP) is 4.36. The fourth-order valence-corrected chi connectivity index (χ4v) is 4.96. The van der Waals surface area contributed by atoms with Gasteiger partial charge in [-0.1, -0.05) is 48.2 Å². The van der Waals surface area contributed by atoms with E-state index < -0.39 is 0 Å². The minimum atomic E-state index is -0.288. The van der Waals surface area contributed by atoms with Crippen molar-refractivity contribution in [2.24, 2.45) is 0 Å². The van der Waals surface area contributed by atoms with Gasteiger partial charge < -0.3 is 14.2 Å². The number of hydrogen-bond acceptors (Lipinski definition) is 6. The minimum Gasteiger partial charge on any atom is -0.461 e. The summed E-state index contributed by atoms with van der Waals surface area (Å²) in [6.07, 6.45) is 1.62. The number of piperazine rings is 1. The molecule has 4 aromatic rings. The summed E-state index contributed by atoms with van der Waals surface area (Å²) in [7, 11) is 0. The number of benzene rings is 2. The summed E-state index contributed by atoms with van der Waals surface area (Å²) in [6.45, 7) is 5.02. The number of nitrogens with zero attached hydrogens (tertiary/aromatic N) is 5. The van der Waals surface area contributed by atoms with E-state index in [4.69, 9.17) is 4.42 Å². The van der Waals surface area contributed by atoms with Crippen LogP contribution in [0.2, 0.25) is 0 Å². The van der Waals surface area contributed by atoms with Crippen LogP contribution >= 0.6 is 11.8 Å². The lowest BCUT2D eigenvalue weighted by molar-refractivity contribution is -0.130. The predicted molar refractivity (Wildman–Crippen MR) is 130 cm³/mol. The molecule has 0 bridgehead atoms. The van der Waals surface area contributed by atoms with Gasteiger partial charge in [-0.25, -0.2) is 0 Å². The van der Waals surface area contributed by atoms with Crippen LogP contribution in [0, 0.1) is 0 Å². The highest BCUT2D eigenvalue weighted by Crippen LogP contribution is 2.31. The van der Waals surface area contributed by atoms with Crippen LogP contribution in [0.25, 0.3) is 17.3 Å². The van der Waals surface area contributed by atoms with Gasteiger partial charge >= 0.3 is 0 Å². The molecule has 1 amide bonds. The van der Waals surface area contributed by atoms with Crippen LogP contribution in [0.4, 0.5) is 5.69 Å². The quantitative estimate of drug-likeness (QED) is 0.399. The summed E-state index contributed by atoms with van der Waals surface area (Å²) >= 11 is 1.42. The van der Waals surface area contributed by atoms with E-state index in [2.05, 4.69) is 27.2 Å². The third-order valence-electron chi connectivity index (χ3n) is 5.73. The molecular weight excluding hydrogens is 434 g/mol. The molecule has 1 saturated heterocycles. The summed E-state index contributed by atoms with van der Waals surface area (Å²) in [5.74, 6) is 1.37. The smallest absolute Gasteiger partial charge is 0.236 e. The largest absolute Gasteiger partial charge is 0.461 e. The third-order valence-corrected chi connectivity index (χ3v) is 6.76. The summed E-state index contributed by atoms with van der Waals surface area (Å²) in [6, 6.07) is 23.9. The van der Waals surface area contributed by atoms with Gasteiger partial charge in [0.15, 0.2) is 10.9 Å². The Morgan fingerprint density at radius 3 is 2.18 bits per heavy atom. The van der Waals surface area contributed by atoms with E-state index in [0.717, 1.165) is 18.8 Å². The number of amides is 1. The number of para-hydroxylation sites is 2. The van der Waals surface area contributed by atoms with Crippen LogP contribution in [0.3, 0.4) is 0 Å². The highest BCUT2D eigenvalue weighted by molar-refractivity contribution is 8.00. The number of thioether (sulfide) groups is 1. The van der Waals surface area contributed by atoms with Crippen molar-refractivity contribution in [3.05, 3.63) is 79.1 Å². The Kier molecular flexibility index (Phi) is 6.17. The van der Waals surface area contributed by atoms with Crippen molar-refractivity contribution in [3.63, 3.8) is 0 Å². The van der Waals surface area contributed by atoms with Gasteiger partial charge in [0.05, 0.1) is 11.5 Å². The van der Waals surface area contributed by atoms with Crippen molar-refractivity contribution in [1.82, 2.24) is 19.7 Å². The summed E-state index contributed by atoms with van der Waals surface area (Å²) < 4.78 is 7.52. The molecule has 2 aromatic heterocycles. The lowest BCUT2D eigenvalue weighted by atomic mass is 10.2. The Labute approximate surface area is 197 Å². The molecular formula is C25H25N5O2S. The molecule has 0 radical (unpaired) electrons. The molecule has 1 atom stereocenters. The lowest BCUT2D eigenvalue weighted by Crippen LogP contribution is -2.50. The average Bonchev–Trinajstić information content (AvgIpc) is 3.55. The van der Waals surface area contributed by atoms with Gasteiger partial charge in [0.1, 0.15) is 0 Å². The van der Waals surface area contributed by atoms with E-state index in [-0.39, 0.29) is 11.2 Å². The standard InChI is InChI=1S/C25H25N5O2S/c1-19(24(31)29-16-14-28(15-17-29)20-9-4-2-5-10-20)33-25-27-26-23(22-13-8-18-32-22)30(25)21-11-6-3-7-12-21/h2-13,18-19H,14-17H2,1H3. The minimum absolute atomic E-state index is 0.120. The van der Waals surface area contributed by atoms with Gasteiger partial charge in [0.25, 0.3) is 0 Å². The van der Waals surface area contributed by atoms with Crippen LogP contribution in [0.15, 0.2) is 88.6 Å². The summed E-state index contributed by atoms with van der Waals surface area (Å²) in [4.78, 5) is 17.5. The lowest BCUT2D eigenvalue weighted by Gasteiger charge is -2.37. The Morgan fingerprint density at radius 1 is 0.879 bits per heavy atom. The molecule has 3 heterocycles. The second kappa shape index (κ2) is 9.54. The Morgan fingerprint density at radius 2 is 1.55 bits per heavy atom. The van der Waals surface area contributed by atoms with Crippen molar-refractivity contribution in [2.45, 2.75) is 17.3 Å². The maximum Gasteiger partial charge on any atom is 0.236 e.